The number of nitrogens with zero attached hydrogens (tertiary/aromatic N) is 1. The molecule has 2 N–H and O–H groups in total. The highest BCUT2D eigenvalue weighted by Gasteiger charge is 2.29. The first-order chi connectivity index (χ1) is 15.9. The third-order valence-corrected chi connectivity index (χ3v) is 6.90. The molecule has 2 aliphatic rings. The Morgan fingerprint density at radius 3 is 2.55 bits per heavy atom. The highest BCUT2D eigenvalue weighted by atomic mass is 35.5. The summed E-state index contributed by atoms with van der Waals surface area (Å²) in [4.78, 5) is 13.3. The number of carbonyl (C=O) groups is 1. The molecule has 0 aromatic heterocycles. The SMILES string of the molecule is CC(=O)N1CCC(Oc2ccc(Cc3cc([C@H]4CC(O)CC(CO)O4)ccc3Cl)cc2)CC1. The Balaban J connectivity index is 1.38. The molecule has 2 aromatic carbocycles. The summed E-state index contributed by atoms with van der Waals surface area (Å²) >= 11 is 6.48. The number of piperidine rings is 1. The first kappa shape index (κ1) is 24.0. The van der Waals surface area contributed by atoms with Crippen LogP contribution in [-0.2, 0) is 16.0 Å². The van der Waals surface area contributed by atoms with Gasteiger partial charge in [0, 0.05) is 50.7 Å². The third-order valence-electron chi connectivity index (χ3n) is 6.53. The van der Waals surface area contributed by atoms with Gasteiger partial charge in [0.2, 0.25) is 5.91 Å². The number of likely N-dealkylation sites (tertiary alicyclic amines) is 1. The second-order valence-corrected chi connectivity index (χ2v) is 9.46. The molecule has 0 saturated carbocycles. The Bertz CT molecular complexity index is 942. The van der Waals surface area contributed by atoms with E-state index in [4.69, 9.17) is 21.1 Å². The molecular formula is C26H32ClNO5. The van der Waals surface area contributed by atoms with Gasteiger partial charge in [-0.3, -0.25) is 4.79 Å². The van der Waals surface area contributed by atoms with Crippen LogP contribution in [0.1, 0.15) is 55.4 Å². The Kier molecular flexibility index (Phi) is 7.91. The van der Waals surface area contributed by atoms with Gasteiger partial charge in [0.05, 0.1) is 24.9 Å². The van der Waals surface area contributed by atoms with Crippen molar-refractivity contribution in [1.29, 1.82) is 0 Å². The maximum Gasteiger partial charge on any atom is 0.219 e. The lowest BCUT2D eigenvalue weighted by Crippen LogP contribution is -2.40. The quantitative estimate of drug-likeness (QED) is 0.665. The number of rotatable bonds is 6. The molecule has 3 atom stereocenters. The fourth-order valence-electron chi connectivity index (χ4n) is 4.64. The first-order valence-electron chi connectivity index (χ1n) is 11.6. The maximum absolute atomic E-state index is 11.5. The summed E-state index contributed by atoms with van der Waals surface area (Å²) < 4.78 is 12.1. The summed E-state index contributed by atoms with van der Waals surface area (Å²) in [5, 5.41) is 20.3. The summed E-state index contributed by atoms with van der Waals surface area (Å²) in [7, 11) is 0. The van der Waals surface area contributed by atoms with Crippen LogP contribution in [0.2, 0.25) is 5.02 Å². The Morgan fingerprint density at radius 1 is 1.15 bits per heavy atom. The molecule has 2 aliphatic heterocycles. The number of hydrogen-bond acceptors (Lipinski definition) is 5. The smallest absolute Gasteiger partial charge is 0.219 e. The minimum atomic E-state index is -0.484. The number of benzene rings is 2. The number of aliphatic hydroxyl groups excluding tert-OH is 2. The second-order valence-electron chi connectivity index (χ2n) is 9.05. The number of hydrogen-bond donors (Lipinski definition) is 2. The van der Waals surface area contributed by atoms with E-state index < -0.39 is 6.10 Å². The standard InChI is InChI=1S/C26H32ClNO5/c1-17(30)28-10-8-23(9-11-28)32-22-5-2-18(3-6-22)12-20-13-19(4-7-25(20)27)26-15-21(31)14-24(16-29)33-26/h2-7,13,21,23-24,26,29,31H,8-12,14-16H2,1H3/t21?,24?,26-/m1/s1. The Hall–Kier alpha value is -2.12. The van der Waals surface area contributed by atoms with E-state index >= 15 is 0 Å². The largest absolute Gasteiger partial charge is 0.490 e. The number of aliphatic hydroxyl groups is 2. The summed E-state index contributed by atoms with van der Waals surface area (Å²) in [5.74, 6) is 0.958. The molecule has 7 heteroatoms. The van der Waals surface area contributed by atoms with Crippen molar-refractivity contribution in [2.75, 3.05) is 19.7 Å². The first-order valence-corrected chi connectivity index (χ1v) is 12.0. The molecule has 0 radical (unpaired) electrons. The zero-order valence-electron chi connectivity index (χ0n) is 19.0. The number of ether oxygens (including phenoxy) is 2. The second kappa shape index (κ2) is 10.9. The number of amides is 1. The Labute approximate surface area is 200 Å². The van der Waals surface area contributed by atoms with Crippen LogP contribution in [0.15, 0.2) is 42.5 Å². The van der Waals surface area contributed by atoms with Crippen molar-refractivity contribution in [3.8, 4) is 5.75 Å². The van der Waals surface area contributed by atoms with E-state index in [1.807, 2.05) is 47.4 Å². The minimum absolute atomic E-state index is 0.0989. The van der Waals surface area contributed by atoms with Crippen molar-refractivity contribution in [2.24, 2.45) is 0 Å². The molecule has 2 aromatic rings. The van der Waals surface area contributed by atoms with Crippen LogP contribution in [0.3, 0.4) is 0 Å². The van der Waals surface area contributed by atoms with Gasteiger partial charge in [-0.2, -0.15) is 0 Å². The lowest BCUT2D eigenvalue weighted by atomic mass is 9.94. The fraction of sp³-hybridized carbons (Fsp3) is 0.500. The van der Waals surface area contributed by atoms with E-state index in [-0.39, 0.29) is 30.8 Å². The van der Waals surface area contributed by atoms with Crippen LogP contribution in [0.25, 0.3) is 0 Å². The Morgan fingerprint density at radius 2 is 1.88 bits per heavy atom. The molecule has 0 bridgehead atoms. The molecule has 2 heterocycles. The van der Waals surface area contributed by atoms with E-state index in [0.717, 1.165) is 48.4 Å². The maximum atomic E-state index is 11.5. The van der Waals surface area contributed by atoms with Crippen molar-refractivity contribution < 1.29 is 24.5 Å². The zero-order valence-corrected chi connectivity index (χ0v) is 19.7. The van der Waals surface area contributed by atoms with Gasteiger partial charge in [0.15, 0.2) is 0 Å². The molecule has 0 aliphatic carbocycles. The van der Waals surface area contributed by atoms with Gasteiger partial charge >= 0.3 is 0 Å². The lowest BCUT2D eigenvalue weighted by molar-refractivity contribution is -0.130. The highest BCUT2D eigenvalue weighted by molar-refractivity contribution is 6.31. The van der Waals surface area contributed by atoms with Crippen molar-refractivity contribution in [2.45, 2.75) is 63.4 Å². The van der Waals surface area contributed by atoms with Crippen LogP contribution in [0.4, 0.5) is 0 Å². The fourth-order valence-corrected chi connectivity index (χ4v) is 4.82. The topological polar surface area (TPSA) is 79.2 Å². The van der Waals surface area contributed by atoms with Gasteiger partial charge in [0.25, 0.3) is 0 Å². The molecule has 2 saturated heterocycles. The van der Waals surface area contributed by atoms with Gasteiger partial charge in [-0.15, -0.1) is 0 Å². The molecule has 178 valence electrons. The van der Waals surface area contributed by atoms with Gasteiger partial charge in [-0.05, 0) is 41.3 Å². The average Bonchev–Trinajstić information content (AvgIpc) is 2.81. The predicted octanol–water partition coefficient (Wildman–Crippen LogP) is 3.89. The highest BCUT2D eigenvalue weighted by Crippen LogP contribution is 2.34. The van der Waals surface area contributed by atoms with Crippen LogP contribution < -0.4 is 4.74 Å². The molecule has 2 fully saturated rings. The molecule has 33 heavy (non-hydrogen) atoms. The lowest BCUT2D eigenvalue weighted by Gasteiger charge is -2.32. The normalized spacial score (nSPS) is 24.0. The summed E-state index contributed by atoms with van der Waals surface area (Å²) in [6, 6.07) is 13.9. The molecular weight excluding hydrogens is 442 g/mol. The minimum Gasteiger partial charge on any atom is -0.490 e. The van der Waals surface area contributed by atoms with E-state index in [1.165, 1.54) is 0 Å². The van der Waals surface area contributed by atoms with E-state index in [9.17, 15) is 15.0 Å². The van der Waals surface area contributed by atoms with Crippen LogP contribution >= 0.6 is 11.6 Å². The molecule has 0 spiro atoms. The van der Waals surface area contributed by atoms with Crippen molar-refractivity contribution in [3.63, 3.8) is 0 Å². The molecule has 6 nitrogen and oxygen atoms in total. The summed E-state index contributed by atoms with van der Waals surface area (Å²) in [6.07, 6.45) is 2.37. The van der Waals surface area contributed by atoms with Crippen LogP contribution in [0.5, 0.6) is 5.75 Å². The molecule has 2 unspecified atom stereocenters. The average molecular weight is 474 g/mol. The number of halogens is 1. The van der Waals surface area contributed by atoms with E-state index in [0.29, 0.717) is 24.3 Å². The van der Waals surface area contributed by atoms with Crippen molar-refractivity contribution in [1.82, 2.24) is 4.90 Å². The summed E-state index contributed by atoms with van der Waals surface area (Å²) in [5.41, 5.74) is 3.07. The molecule has 1 amide bonds. The van der Waals surface area contributed by atoms with Gasteiger partial charge in [-0.25, -0.2) is 0 Å². The summed E-state index contributed by atoms with van der Waals surface area (Å²) in [6.45, 7) is 3.00. The van der Waals surface area contributed by atoms with E-state index in [2.05, 4.69) is 0 Å². The predicted molar refractivity (Wildman–Crippen MR) is 127 cm³/mol. The van der Waals surface area contributed by atoms with Gasteiger partial charge < -0.3 is 24.6 Å². The number of carbonyl (C=O) groups excluding carboxylic acids is 1. The zero-order chi connectivity index (χ0) is 23.4. The van der Waals surface area contributed by atoms with Crippen LogP contribution in [0, 0.1) is 0 Å². The monoisotopic (exact) mass is 473 g/mol. The van der Waals surface area contributed by atoms with Crippen LogP contribution in [-0.4, -0.2) is 59.0 Å². The van der Waals surface area contributed by atoms with Crippen molar-refractivity contribution in [3.05, 3.63) is 64.2 Å². The van der Waals surface area contributed by atoms with Crippen molar-refractivity contribution >= 4 is 17.5 Å². The van der Waals surface area contributed by atoms with Gasteiger partial charge in [0.1, 0.15) is 11.9 Å². The van der Waals surface area contributed by atoms with E-state index in [1.54, 1.807) is 6.92 Å². The molecule has 4 rings (SSSR count). The third kappa shape index (κ3) is 6.27. The van der Waals surface area contributed by atoms with Gasteiger partial charge in [-0.1, -0.05) is 35.9 Å².